The number of hydrogen-bond acceptors (Lipinski definition) is 1. The monoisotopic (exact) mass is 243 g/mol. The van der Waals surface area contributed by atoms with Crippen LogP contribution in [0.5, 0.6) is 0 Å². The minimum absolute atomic E-state index is 0.0841. The van der Waals surface area contributed by atoms with Crippen molar-refractivity contribution in [2.75, 3.05) is 6.54 Å². The Morgan fingerprint density at radius 1 is 1.33 bits per heavy atom. The molecule has 0 bridgehead atoms. The molecule has 1 aromatic carbocycles. The number of carbonyl (C=O) groups excluding carboxylic acids is 1. The van der Waals surface area contributed by atoms with E-state index in [2.05, 4.69) is 11.9 Å². The highest BCUT2D eigenvalue weighted by molar-refractivity contribution is 6.30. The molecule has 1 rings (SSSR count). The lowest BCUT2D eigenvalue weighted by molar-refractivity contribution is -0.120. The third kappa shape index (κ3) is 4.86. The Morgan fingerprint density at radius 3 is 2.47 bits per heavy atom. The van der Waals surface area contributed by atoms with Crippen molar-refractivity contribution < 1.29 is 4.79 Å². The summed E-state index contributed by atoms with van der Waals surface area (Å²) in [5, 5.41) is 3.72. The zero-order valence-corrected chi connectivity index (χ0v) is 9.61. The Hall–Kier alpha value is -0.990. The normalized spacial score (nSPS) is 9.73. The molecule has 0 radical (unpaired) electrons. The number of benzene rings is 1. The van der Waals surface area contributed by atoms with E-state index >= 15 is 0 Å². The Labute approximate surface area is 98.9 Å². The molecule has 0 aliphatic heterocycles. The van der Waals surface area contributed by atoms with Gasteiger partial charge in [-0.25, -0.2) is 0 Å². The van der Waals surface area contributed by atoms with Gasteiger partial charge in [0.1, 0.15) is 0 Å². The molecule has 1 N–H and O–H groups in total. The number of rotatable bonds is 4. The van der Waals surface area contributed by atoms with E-state index in [1.807, 2.05) is 12.1 Å². The summed E-state index contributed by atoms with van der Waals surface area (Å²) in [5.74, 6) is -0.0841. The Bertz CT molecular complexity index is 359. The summed E-state index contributed by atoms with van der Waals surface area (Å²) in [6.07, 6.45) is 0.321. The van der Waals surface area contributed by atoms with Crippen LogP contribution in [0.1, 0.15) is 5.56 Å². The van der Waals surface area contributed by atoms with E-state index in [4.69, 9.17) is 23.2 Å². The quantitative estimate of drug-likeness (QED) is 0.866. The van der Waals surface area contributed by atoms with Crippen LogP contribution in [0.15, 0.2) is 35.9 Å². The van der Waals surface area contributed by atoms with Gasteiger partial charge in [-0.15, -0.1) is 0 Å². The van der Waals surface area contributed by atoms with Crippen LogP contribution in [0.3, 0.4) is 0 Å². The average Bonchev–Trinajstić information content (AvgIpc) is 2.19. The van der Waals surface area contributed by atoms with Gasteiger partial charge >= 0.3 is 0 Å². The second-order valence-corrected chi connectivity index (χ2v) is 4.07. The van der Waals surface area contributed by atoms with Crippen molar-refractivity contribution in [2.45, 2.75) is 6.42 Å². The number of carbonyl (C=O) groups is 1. The Morgan fingerprint density at radius 2 is 1.93 bits per heavy atom. The predicted octanol–water partition coefficient (Wildman–Crippen LogP) is 2.75. The first-order valence-electron chi connectivity index (χ1n) is 4.42. The molecule has 0 aromatic heterocycles. The second kappa shape index (κ2) is 5.79. The van der Waals surface area contributed by atoms with Crippen LogP contribution in [0.25, 0.3) is 0 Å². The van der Waals surface area contributed by atoms with Gasteiger partial charge in [-0.1, -0.05) is 41.9 Å². The van der Waals surface area contributed by atoms with Gasteiger partial charge < -0.3 is 5.32 Å². The van der Waals surface area contributed by atoms with E-state index in [1.165, 1.54) is 0 Å². The maximum Gasteiger partial charge on any atom is 0.224 e. The molecule has 0 saturated heterocycles. The molecule has 0 heterocycles. The van der Waals surface area contributed by atoms with Crippen LogP contribution >= 0.6 is 23.2 Å². The van der Waals surface area contributed by atoms with Gasteiger partial charge in [0.05, 0.1) is 13.0 Å². The van der Waals surface area contributed by atoms with Crippen molar-refractivity contribution in [1.82, 2.24) is 5.32 Å². The van der Waals surface area contributed by atoms with Crippen LogP contribution < -0.4 is 5.32 Å². The summed E-state index contributed by atoms with van der Waals surface area (Å²) in [7, 11) is 0. The third-order valence-electron chi connectivity index (χ3n) is 1.76. The van der Waals surface area contributed by atoms with E-state index in [0.717, 1.165) is 5.56 Å². The maximum atomic E-state index is 11.4. The van der Waals surface area contributed by atoms with Crippen LogP contribution in [0.2, 0.25) is 5.02 Å². The maximum absolute atomic E-state index is 11.4. The van der Waals surface area contributed by atoms with Crippen LogP contribution in [-0.4, -0.2) is 12.5 Å². The number of halogens is 2. The molecule has 0 saturated carbocycles. The molecule has 0 aliphatic rings. The predicted molar refractivity (Wildman–Crippen MR) is 63.2 cm³/mol. The minimum Gasteiger partial charge on any atom is -0.351 e. The lowest BCUT2D eigenvalue weighted by Crippen LogP contribution is -2.26. The summed E-state index contributed by atoms with van der Waals surface area (Å²) in [5.41, 5.74) is 0.914. The molecule has 1 aromatic rings. The first kappa shape index (κ1) is 12.1. The SMILES string of the molecule is C=C(Cl)CNC(=O)Cc1ccc(Cl)cc1. The van der Waals surface area contributed by atoms with Crippen LogP contribution in [0.4, 0.5) is 0 Å². The first-order valence-corrected chi connectivity index (χ1v) is 5.18. The molecule has 80 valence electrons. The lowest BCUT2D eigenvalue weighted by atomic mass is 10.1. The molecule has 0 atom stereocenters. The zero-order chi connectivity index (χ0) is 11.3. The first-order chi connectivity index (χ1) is 7.08. The molecular weight excluding hydrogens is 233 g/mol. The summed E-state index contributed by atoms with van der Waals surface area (Å²) < 4.78 is 0. The fourth-order valence-electron chi connectivity index (χ4n) is 1.04. The van der Waals surface area contributed by atoms with Crippen LogP contribution in [-0.2, 0) is 11.2 Å². The minimum atomic E-state index is -0.0841. The third-order valence-corrected chi connectivity index (χ3v) is 2.14. The smallest absolute Gasteiger partial charge is 0.224 e. The highest BCUT2D eigenvalue weighted by Gasteiger charge is 2.02. The molecule has 0 fully saturated rings. The summed E-state index contributed by atoms with van der Waals surface area (Å²) in [6.45, 7) is 3.78. The largest absolute Gasteiger partial charge is 0.351 e. The van der Waals surface area contributed by atoms with E-state index in [-0.39, 0.29) is 5.91 Å². The Balaban J connectivity index is 2.44. The van der Waals surface area contributed by atoms with Gasteiger partial charge in [0.25, 0.3) is 0 Å². The highest BCUT2D eigenvalue weighted by Crippen LogP contribution is 2.09. The number of amides is 1. The molecule has 0 aliphatic carbocycles. The molecule has 1 amide bonds. The van der Waals surface area contributed by atoms with Crippen molar-refractivity contribution >= 4 is 29.1 Å². The van der Waals surface area contributed by atoms with Gasteiger partial charge in [-0.2, -0.15) is 0 Å². The standard InChI is InChI=1S/C11H11Cl2NO/c1-8(12)7-14-11(15)6-9-2-4-10(13)5-3-9/h2-5H,1,6-7H2,(H,14,15). The summed E-state index contributed by atoms with van der Waals surface area (Å²) >= 11 is 11.2. The van der Waals surface area contributed by atoms with E-state index in [0.29, 0.717) is 23.0 Å². The van der Waals surface area contributed by atoms with Crippen molar-refractivity contribution in [3.05, 3.63) is 46.5 Å². The molecule has 0 spiro atoms. The van der Waals surface area contributed by atoms with Gasteiger partial charge in [0, 0.05) is 10.1 Å². The van der Waals surface area contributed by atoms with E-state index < -0.39 is 0 Å². The van der Waals surface area contributed by atoms with Crippen LogP contribution in [0, 0.1) is 0 Å². The number of hydrogen-bond donors (Lipinski definition) is 1. The highest BCUT2D eigenvalue weighted by atomic mass is 35.5. The summed E-state index contributed by atoms with van der Waals surface area (Å²) in [6, 6.07) is 7.14. The molecule has 2 nitrogen and oxygen atoms in total. The van der Waals surface area contributed by atoms with Gasteiger partial charge in [-0.05, 0) is 17.7 Å². The molecule has 4 heteroatoms. The van der Waals surface area contributed by atoms with Crippen molar-refractivity contribution in [2.24, 2.45) is 0 Å². The fourth-order valence-corrected chi connectivity index (χ4v) is 1.24. The topological polar surface area (TPSA) is 29.1 Å². The Kier molecular flexibility index (Phi) is 4.66. The fraction of sp³-hybridized carbons (Fsp3) is 0.182. The lowest BCUT2D eigenvalue weighted by Gasteiger charge is -2.03. The van der Waals surface area contributed by atoms with Crippen molar-refractivity contribution in [3.8, 4) is 0 Å². The average molecular weight is 244 g/mol. The molecule has 0 unspecified atom stereocenters. The van der Waals surface area contributed by atoms with Crippen molar-refractivity contribution in [1.29, 1.82) is 0 Å². The van der Waals surface area contributed by atoms with E-state index in [1.54, 1.807) is 12.1 Å². The number of nitrogens with one attached hydrogen (secondary N) is 1. The molecule has 15 heavy (non-hydrogen) atoms. The van der Waals surface area contributed by atoms with Gasteiger partial charge in [0.2, 0.25) is 5.91 Å². The zero-order valence-electron chi connectivity index (χ0n) is 8.09. The van der Waals surface area contributed by atoms with Gasteiger partial charge in [-0.3, -0.25) is 4.79 Å². The van der Waals surface area contributed by atoms with E-state index in [9.17, 15) is 4.79 Å². The molecular formula is C11H11Cl2NO. The summed E-state index contributed by atoms with van der Waals surface area (Å²) in [4.78, 5) is 11.4. The second-order valence-electron chi connectivity index (χ2n) is 3.10. The van der Waals surface area contributed by atoms with Gasteiger partial charge in [0.15, 0.2) is 0 Å². The van der Waals surface area contributed by atoms with Crippen molar-refractivity contribution in [3.63, 3.8) is 0 Å².